The Hall–Kier alpha value is -1.28. The first-order valence-corrected chi connectivity index (χ1v) is 11.3. The van der Waals surface area contributed by atoms with Crippen LogP contribution >= 0.6 is 21.6 Å². The van der Waals surface area contributed by atoms with Gasteiger partial charge < -0.3 is 19.3 Å². The zero-order valence-corrected chi connectivity index (χ0v) is 17.0. The van der Waals surface area contributed by atoms with Gasteiger partial charge in [-0.1, -0.05) is 0 Å². The highest BCUT2D eigenvalue weighted by Gasteiger charge is 2.38. The average Bonchev–Trinajstić information content (AvgIpc) is 2.72. The fourth-order valence-electron chi connectivity index (χ4n) is 3.57. The molecular formula is C18H26N2O4S2. The number of hydrogen-bond donors (Lipinski definition) is 0. The first-order valence-electron chi connectivity index (χ1n) is 9.17. The van der Waals surface area contributed by atoms with E-state index in [2.05, 4.69) is 9.80 Å². The van der Waals surface area contributed by atoms with Gasteiger partial charge in [0, 0.05) is 26.2 Å². The van der Waals surface area contributed by atoms with Crippen LogP contribution in [-0.2, 0) is 19.1 Å². The van der Waals surface area contributed by atoms with Gasteiger partial charge in [0.15, 0.2) is 0 Å². The van der Waals surface area contributed by atoms with Crippen molar-refractivity contribution in [1.29, 1.82) is 0 Å². The standard InChI is InChI=1S/C18H26N2O4S2/c1-23-17(21)13-14(18(22)24-2)16(20-11-7-4-8-12-20)26-25-15(13)19-9-5-3-6-10-19/h3-12H2,1-2H3. The van der Waals surface area contributed by atoms with Crippen LogP contribution in [0.2, 0.25) is 0 Å². The summed E-state index contributed by atoms with van der Waals surface area (Å²) in [5.41, 5.74) is 0.733. The third-order valence-electron chi connectivity index (χ3n) is 4.94. The summed E-state index contributed by atoms with van der Waals surface area (Å²) in [6, 6.07) is 0. The molecule has 3 aliphatic rings. The molecule has 0 unspecified atom stereocenters. The van der Waals surface area contributed by atoms with E-state index in [0.29, 0.717) is 11.1 Å². The van der Waals surface area contributed by atoms with Crippen LogP contribution in [0, 0.1) is 0 Å². The van der Waals surface area contributed by atoms with Gasteiger partial charge in [0.2, 0.25) is 0 Å². The summed E-state index contributed by atoms with van der Waals surface area (Å²) in [6.07, 6.45) is 6.79. The van der Waals surface area contributed by atoms with Gasteiger partial charge in [0.25, 0.3) is 0 Å². The summed E-state index contributed by atoms with van der Waals surface area (Å²) in [4.78, 5) is 29.8. The maximum atomic E-state index is 12.7. The van der Waals surface area contributed by atoms with E-state index < -0.39 is 11.9 Å². The monoisotopic (exact) mass is 398 g/mol. The number of likely N-dealkylation sites (tertiary alicyclic amines) is 2. The smallest absolute Gasteiger partial charge is 0.341 e. The fourth-order valence-corrected chi connectivity index (χ4v) is 6.45. The lowest BCUT2D eigenvalue weighted by atomic mass is 10.0. The molecule has 0 saturated carbocycles. The minimum Gasteiger partial charge on any atom is -0.465 e. The van der Waals surface area contributed by atoms with Gasteiger partial charge in [0.1, 0.15) is 11.1 Å². The number of hydrogen-bond acceptors (Lipinski definition) is 8. The van der Waals surface area contributed by atoms with E-state index >= 15 is 0 Å². The van der Waals surface area contributed by atoms with Gasteiger partial charge in [0.05, 0.1) is 24.3 Å². The second-order valence-corrected chi connectivity index (χ2v) is 8.71. The number of carbonyl (C=O) groups is 2. The number of piperidine rings is 2. The zero-order valence-electron chi connectivity index (χ0n) is 15.4. The number of rotatable bonds is 4. The van der Waals surface area contributed by atoms with Crippen molar-refractivity contribution in [2.75, 3.05) is 40.4 Å². The maximum Gasteiger partial charge on any atom is 0.341 e. The number of ether oxygens (including phenoxy) is 2. The molecule has 3 aliphatic heterocycles. The van der Waals surface area contributed by atoms with Crippen LogP contribution in [0.4, 0.5) is 0 Å². The summed E-state index contributed by atoms with van der Waals surface area (Å²) >= 11 is 0. The second-order valence-electron chi connectivity index (χ2n) is 6.61. The highest BCUT2D eigenvalue weighted by molar-refractivity contribution is 8.79. The predicted octanol–water partition coefficient (Wildman–Crippen LogP) is 3.12. The van der Waals surface area contributed by atoms with Crippen molar-refractivity contribution in [2.45, 2.75) is 38.5 Å². The molecule has 0 N–H and O–H groups in total. The third kappa shape index (κ3) is 4.01. The minimum atomic E-state index is -0.465. The molecule has 0 atom stereocenters. The van der Waals surface area contributed by atoms with Crippen LogP contribution in [0.3, 0.4) is 0 Å². The number of esters is 2. The molecule has 0 aromatic rings. The van der Waals surface area contributed by atoms with Gasteiger partial charge in [-0.2, -0.15) is 0 Å². The lowest BCUT2D eigenvalue weighted by Crippen LogP contribution is -2.35. The van der Waals surface area contributed by atoms with E-state index in [0.717, 1.165) is 61.9 Å². The molecule has 0 aromatic carbocycles. The SMILES string of the molecule is COC(=O)C1=C(N2CCCCC2)SSC(N2CCCCC2)=C1C(=O)OC. The van der Waals surface area contributed by atoms with Crippen LogP contribution in [0.25, 0.3) is 0 Å². The molecule has 0 spiro atoms. The van der Waals surface area contributed by atoms with Crippen molar-refractivity contribution < 1.29 is 19.1 Å². The van der Waals surface area contributed by atoms with Crippen LogP contribution in [0.1, 0.15) is 38.5 Å². The van der Waals surface area contributed by atoms with E-state index in [-0.39, 0.29) is 0 Å². The molecule has 0 amide bonds. The van der Waals surface area contributed by atoms with Crippen molar-refractivity contribution in [1.82, 2.24) is 9.80 Å². The van der Waals surface area contributed by atoms with Gasteiger partial charge in [-0.25, -0.2) is 9.59 Å². The topological polar surface area (TPSA) is 59.1 Å². The van der Waals surface area contributed by atoms with Crippen LogP contribution in [0.5, 0.6) is 0 Å². The Morgan fingerprint density at radius 2 is 1.04 bits per heavy atom. The molecular weight excluding hydrogens is 372 g/mol. The van der Waals surface area contributed by atoms with Gasteiger partial charge in [-0.3, -0.25) is 0 Å². The molecule has 0 aromatic heterocycles. The lowest BCUT2D eigenvalue weighted by molar-refractivity contribution is -0.139. The molecule has 6 nitrogen and oxygen atoms in total. The Balaban J connectivity index is 2.08. The number of carbonyl (C=O) groups excluding carboxylic acids is 2. The van der Waals surface area contributed by atoms with Crippen molar-refractivity contribution in [3.8, 4) is 0 Å². The number of methoxy groups -OCH3 is 2. The molecule has 0 aliphatic carbocycles. The zero-order chi connectivity index (χ0) is 18.5. The molecule has 0 radical (unpaired) electrons. The Kier molecular flexibility index (Phi) is 6.80. The summed E-state index contributed by atoms with van der Waals surface area (Å²) in [7, 11) is 5.87. The summed E-state index contributed by atoms with van der Waals surface area (Å²) in [6.45, 7) is 3.60. The van der Waals surface area contributed by atoms with Crippen LogP contribution in [-0.4, -0.2) is 62.1 Å². The maximum absolute atomic E-state index is 12.7. The molecule has 0 bridgehead atoms. The third-order valence-corrected chi connectivity index (χ3v) is 7.46. The predicted molar refractivity (Wildman–Crippen MR) is 104 cm³/mol. The Labute approximate surface area is 162 Å². The first kappa shape index (κ1) is 19.5. The van der Waals surface area contributed by atoms with Gasteiger partial charge in [-0.15, -0.1) is 0 Å². The first-order chi connectivity index (χ1) is 12.7. The lowest BCUT2D eigenvalue weighted by Gasteiger charge is -2.37. The highest BCUT2D eigenvalue weighted by atomic mass is 33.1. The molecule has 26 heavy (non-hydrogen) atoms. The van der Waals surface area contributed by atoms with E-state index in [1.54, 1.807) is 21.6 Å². The van der Waals surface area contributed by atoms with Gasteiger partial charge in [-0.05, 0) is 60.1 Å². The Morgan fingerprint density at radius 3 is 1.35 bits per heavy atom. The average molecular weight is 399 g/mol. The van der Waals surface area contributed by atoms with Crippen molar-refractivity contribution in [2.24, 2.45) is 0 Å². The fraction of sp³-hybridized carbons (Fsp3) is 0.667. The van der Waals surface area contributed by atoms with E-state index in [9.17, 15) is 9.59 Å². The quantitative estimate of drug-likeness (QED) is 0.529. The molecule has 144 valence electrons. The minimum absolute atomic E-state index is 0.366. The number of nitrogens with zero attached hydrogens (tertiary/aromatic N) is 2. The largest absolute Gasteiger partial charge is 0.465 e. The molecule has 2 fully saturated rings. The summed E-state index contributed by atoms with van der Waals surface area (Å²) in [5.74, 6) is -0.929. The molecule has 8 heteroatoms. The molecule has 3 rings (SSSR count). The molecule has 3 heterocycles. The highest BCUT2D eigenvalue weighted by Crippen LogP contribution is 2.50. The van der Waals surface area contributed by atoms with E-state index in [1.807, 2.05) is 0 Å². The van der Waals surface area contributed by atoms with Crippen LogP contribution in [0.15, 0.2) is 21.2 Å². The summed E-state index contributed by atoms with van der Waals surface area (Å²) < 4.78 is 10.1. The van der Waals surface area contributed by atoms with Crippen molar-refractivity contribution in [3.63, 3.8) is 0 Å². The normalized spacial score (nSPS) is 21.8. The van der Waals surface area contributed by atoms with Gasteiger partial charge >= 0.3 is 11.9 Å². The summed E-state index contributed by atoms with van der Waals surface area (Å²) in [5, 5.41) is 1.67. The van der Waals surface area contributed by atoms with Crippen molar-refractivity contribution in [3.05, 3.63) is 21.2 Å². The Morgan fingerprint density at radius 1 is 0.692 bits per heavy atom. The van der Waals surface area contributed by atoms with E-state index in [1.165, 1.54) is 27.1 Å². The van der Waals surface area contributed by atoms with E-state index in [4.69, 9.17) is 9.47 Å². The molecule has 2 saturated heterocycles. The van der Waals surface area contributed by atoms with Crippen molar-refractivity contribution >= 4 is 33.5 Å². The second kappa shape index (κ2) is 9.08. The Bertz CT molecular complexity index is 567. The van der Waals surface area contributed by atoms with Crippen LogP contribution < -0.4 is 0 Å².